The van der Waals surface area contributed by atoms with Gasteiger partial charge in [0, 0.05) is 5.57 Å². The van der Waals surface area contributed by atoms with Gasteiger partial charge >= 0.3 is 11.9 Å². The Morgan fingerprint density at radius 3 is 2.18 bits per heavy atom. The van der Waals surface area contributed by atoms with Crippen LogP contribution in [0.5, 0.6) is 0 Å². The summed E-state index contributed by atoms with van der Waals surface area (Å²) in [5, 5.41) is 0.410. The van der Waals surface area contributed by atoms with Crippen LogP contribution in [0.25, 0.3) is 0 Å². The molecule has 1 heterocycles. The minimum Gasteiger partial charge on any atom is -0.462 e. The number of esters is 1. The Kier molecular flexibility index (Phi) is 4.36. The number of carbonyl (C=O) groups excluding carboxylic acids is 4. The van der Waals surface area contributed by atoms with Gasteiger partial charge in [-0.3, -0.25) is 9.59 Å². The van der Waals surface area contributed by atoms with Crippen LogP contribution in [0.4, 0.5) is 0 Å². The minimum absolute atomic E-state index is 0.175. The van der Waals surface area contributed by atoms with Crippen LogP contribution in [0.1, 0.15) is 34.1 Å². The molecule has 0 aromatic heterocycles. The van der Waals surface area contributed by atoms with Crippen LogP contribution in [0.15, 0.2) is 36.4 Å². The number of benzene rings is 1. The minimum atomic E-state index is -0.857. The molecule has 7 heteroatoms. The molecule has 0 N–H and O–H groups in total. The Labute approximate surface area is 126 Å². The van der Waals surface area contributed by atoms with Crippen molar-refractivity contribution in [1.29, 1.82) is 0 Å². The highest BCUT2D eigenvalue weighted by molar-refractivity contribution is 6.20. The van der Waals surface area contributed by atoms with Gasteiger partial charge in [0.05, 0.1) is 17.5 Å². The first-order valence-corrected chi connectivity index (χ1v) is 6.43. The van der Waals surface area contributed by atoms with E-state index >= 15 is 0 Å². The van der Waals surface area contributed by atoms with E-state index in [9.17, 15) is 19.2 Å². The lowest BCUT2D eigenvalue weighted by Gasteiger charge is -2.12. The maximum atomic E-state index is 11.9. The zero-order chi connectivity index (χ0) is 16.3. The maximum Gasteiger partial charge on any atom is 0.336 e. The Balaban J connectivity index is 1.91. The first-order valence-electron chi connectivity index (χ1n) is 6.43. The first-order chi connectivity index (χ1) is 10.4. The molecule has 2 rings (SSSR count). The van der Waals surface area contributed by atoms with Gasteiger partial charge in [-0.1, -0.05) is 23.8 Å². The number of hydroxylamine groups is 2. The van der Waals surface area contributed by atoms with Gasteiger partial charge in [0.1, 0.15) is 6.61 Å². The van der Waals surface area contributed by atoms with Crippen LogP contribution in [-0.4, -0.2) is 35.4 Å². The van der Waals surface area contributed by atoms with Crippen LogP contribution in [0.3, 0.4) is 0 Å². The van der Waals surface area contributed by atoms with E-state index in [2.05, 4.69) is 6.58 Å². The molecular formula is C15H13NO6. The number of carbonyl (C=O) groups is 4. The second kappa shape index (κ2) is 6.21. The van der Waals surface area contributed by atoms with E-state index in [-0.39, 0.29) is 29.7 Å². The van der Waals surface area contributed by atoms with Gasteiger partial charge < -0.3 is 9.57 Å². The normalized spacial score (nSPS) is 12.9. The smallest absolute Gasteiger partial charge is 0.336 e. The van der Waals surface area contributed by atoms with Crippen molar-refractivity contribution < 1.29 is 28.8 Å². The molecule has 0 saturated carbocycles. The second-order valence-electron chi connectivity index (χ2n) is 4.58. The first kappa shape index (κ1) is 15.4. The average molecular weight is 303 g/mol. The van der Waals surface area contributed by atoms with Gasteiger partial charge in [0.2, 0.25) is 0 Å². The molecule has 7 nitrogen and oxygen atoms in total. The van der Waals surface area contributed by atoms with E-state index in [1.54, 1.807) is 12.1 Å². The third-order valence-electron chi connectivity index (χ3n) is 2.84. The summed E-state index contributed by atoms with van der Waals surface area (Å²) >= 11 is 0. The molecule has 1 aromatic carbocycles. The summed E-state index contributed by atoms with van der Waals surface area (Å²) in [4.78, 5) is 51.4. The summed E-state index contributed by atoms with van der Waals surface area (Å²) < 4.78 is 4.73. The Bertz CT molecular complexity index is 643. The van der Waals surface area contributed by atoms with Gasteiger partial charge in [-0.05, 0) is 19.1 Å². The van der Waals surface area contributed by atoms with Crippen LogP contribution in [-0.2, 0) is 19.2 Å². The number of imide groups is 1. The highest BCUT2D eigenvalue weighted by Crippen LogP contribution is 2.22. The van der Waals surface area contributed by atoms with E-state index in [0.717, 1.165) is 0 Å². The van der Waals surface area contributed by atoms with Crippen molar-refractivity contribution in [3.63, 3.8) is 0 Å². The number of nitrogens with zero attached hydrogens (tertiary/aromatic N) is 1. The van der Waals surface area contributed by atoms with Crippen molar-refractivity contribution in [1.82, 2.24) is 5.06 Å². The fraction of sp³-hybridized carbons (Fsp3) is 0.200. The zero-order valence-electron chi connectivity index (χ0n) is 11.8. The molecule has 0 aliphatic carbocycles. The lowest BCUT2D eigenvalue weighted by atomic mass is 10.1. The fourth-order valence-corrected chi connectivity index (χ4v) is 1.75. The summed E-state index contributed by atoms with van der Waals surface area (Å²) in [7, 11) is 0. The summed E-state index contributed by atoms with van der Waals surface area (Å²) in [6, 6.07) is 6.15. The molecular weight excluding hydrogens is 290 g/mol. The van der Waals surface area contributed by atoms with Crippen LogP contribution < -0.4 is 0 Å². The summed E-state index contributed by atoms with van der Waals surface area (Å²) in [5.74, 6) is -2.89. The van der Waals surface area contributed by atoms with Gasteiger partial charge in [0.15, 0.2) is 0 Å². The number of rotatable bonds is 5. The lowest BCUT2D eigenvalue weighted by Crippen LogP contribution is -2.33. The Morgan fingerprint density at radius 2 is 1.68 bits per heavy atom. The van der Waals surface area contributed by atoms with Crippen molar-refractivity contribution in [2.45, 2.75) is 13.3 Å². The number of hydrogen-bond donors (Lipinski definition) is 0. The highest BCUT2D eigenvalue weighted by Gasteiger charge is 2.38. The van der Waals surface area contributed by atoms with Gasteiger partial charge in [-0.15, -0.1) is 0 Å². The van der Waals surface area contributed by atoms with E-state index in [1.807, 2.05) is 0 Å². The van der Waals surface area contributed by atoms with E-state index in [4.69, 9.17) is 9.57 Å². The van der Waals surface area contributed by atoms with E-state index < -0.39 is 23.8 Å². The monoisotopic (exact) mass is 303 g/mol. The number of ether oxygens (including phenoxy) is 1. The molecule has 0 saturated heterocycles. The standard InChI is InChI=1S/C15H13NO6/c1-9(2)15(20)21-8-7-12(17)22-16-13(18)10-5-3-4-6-11(10)14(16)19/h3-6H,1,7-8H2,2H3. The van der Waals surface area contributed by atoms with E-state index in [1.165, 1.54) is 19.1 Å². The van der Waals surface area contributed by atoms with Crippen LogP contribution >= 0.6 is 0 Å². The number of hydrogen-bond acceptors (Lipinski definition) is 6. The molecule has 0 radical (unpaired) electrons. The average Bonchev–Trinajstić information content (AvgIpc) is 2.72. The largest absolute Gasteiger partial charge is 0.462 e. The fourth-order valence-electron chi connectivity index (χ4n) is 1.75. The third kappa shape index (κ3) is 3.03. The predicted octanol–water partition coefficient (Wildman–Crippen LogP) is 1.25. The lowest BCUT2D eigenvalue weighted by molar-refractivity contribution is -0.170. The third-order valence-corrected chi connectivity index (χ3v) is 2.84. The molecule has 0 unspecified atom stereocenters. The molecule has 0 spiro atoms. The predicted molar refractivity (Wildman–Crippen MR) is 73.4 cm³/mol. The molecule has 0 fully saturated rings. The zero-order valence-corrected chi connectivity index (χ0v) is 11.8. The summed E-state index contributed by atoms with van der Waals surface area (Å²) in [6.07, 6.45) is -0.285. The SMILES string of the molecule is C=C(C)C(=O)OCCC(=O)ON1C(=O)c2ccccc2C1=O. The van der Waals surface area contributed by atoms with Gasteiger partial charge in [-0.25, -0.2) is 9.59 Å². The van der Waals surface area contributed by atoms with Crippen LogP contribution in [0.2, 0.25) is 0 Å². The highest BCUT2D eigenvalue weighted by atomic mass is 16.7. The molecule has 1 aliphatic heterocycles. The summed E-state index contributed by atoms with van der Waals surface area (Å²) in [5.41, 5.74) is 0.553. The van der Waals surface area contributed by atoms with Crippen molar-refractivity contribution in [3.05, 3.63) is 47.5 Å². The van der Waals surface area contributed by atoms with Crippen LogP contribution in [0, 0.1) is 0 Å². The van der Waals surface area contributed by atoms with Crippen molar-refractivity contribution in [2.24, 2.45) is 0 Å². The number of amides is 2. The molecule has 2 amide bonds. The van der Waals surface area contributed by atoms with E-state index in [0.29, 0.717) is 5.06 Å². The molecule has 114 valence electrons. The summed E-state index contributed by atoms with van der Waals surface area (Å²) in [6.45, 7) is 4.63. The second-order valence-corrected chi connectivity index (χ2v) is 4.58. The topological polar surface area (TPSA) is 90.0 Å². The molecule has 0 bridgehead atoms. The van der Waals surface area contributed by atoms with Crippen molar-refractivity contribution in [2.75, 3.05) is 6.61 Å². The van der Waals surface area contributed by atoms with Gasteiger partial charge in [0.25, 0.3) is 11.8 Å². The van der Waals surface area contributed by atoms with Crippen molar-refractivity contribution >= 4 is 23.8 Å². The number of fused-ring (bicyclic) bond motifs is 1. The molecule has 1 aliphatic rings. The van der Waals surface area contributed by atoms with Crippen molar-refractivity contribution in [3.8, 4) is 0 Å². The maximum absolute atomic E-state index is 11.9. The molecule has 1 aromatic rings. The molecule has 22 heavy (non-hydrogen) atoms. The Morgan fingerprint density at radius 1 is 1.14 bits per heavy atom. The quantitative estimate of drug-likeness (QED) is 0.462. The molecule has 0 atom stereocenters. The Hall–Kier alpha value is -2.96. The van der Waals surface area contributed by atoms with Gasteiger partial charge in [-0.2, -0.15) is 0 Å².